The molecule has 0 spiro atoms. The Hall–Kier alpha value is -1.06. The van der Waals surface area contributed by atoms with E-state index in [4.69, 9.17) is 16.3 Å². The Balaban J connectivity index is 2.27. The van der Waals surface area contributed by atoms with Gasteiger partial charge in [0.1, 0.15) is 12.0 Å². The standard InChI is InChI=1S/C15H20ClNO2/c1-3-17(4-2)15-12-8-6-5-7-11(12)9-13(15)19-14(18)10-16/h5-8,13,15H,3-4,9-10H2,1-2H3. The van der Waals surface area contributed by atoms with Gasteiger partial charge >= 0.3 is 5.97 Å². The van der Waals surface area contributed by atoms with Crippen LogP contribution < -0.4 is 0 Å². The number of fused-ring (bicyclic) bond motifs is 1. The second-order valence-electron chi connectivity index (χ2n) is 4.73. The van der Waals surface area contributed by atoms with Gasteiger partial charge in [0.15, 0.2) is 0 Å². The van der Waals surface area contributed by atoms with E-state index in [2.05, 4.69) is 30.9 Å². The van der Waals surface area contributed by atoms with Gasteiger partial charge < -0.3 is 4.74 Å². The molecular weight excluding hydrogens is 262 g/mol. The molecular formula is C15H20ClNO2. The second-order valence-corrected chi connectivity index (χ2v) is 5.00. The molecule has 0 N–H and O–H groups in total. The molecule has 0 aliphatic heterocycles. The molecule has 2 atom stereocenters. The fraction of sp³-hybridized carbons (Fsp3) is 0.533. The summed E-state index contributed by atoms with van der Waals surface area (Å²) in [5.41, 5.74) is 2.55. The first-order chi connectivity index (χ1) is 9.21. The van der Waals surface area contributed by atoms with E-state index in [-0.39, 0.29) is 24.0 Å². The first kappa shape index (κ1) is 14.4. The summed E-state index contributed by atoms with van der Waals surface area (Å²) in [6, 6.07) is 8.47. The van der Waals surface area contributed by atoms with Gasteiger partial charge in [-0.05, 0) is 24.2 Å². The van der Waals surface area contributed by atoms with E-state index >= 15 is 0 Å². The Kier molecular flexibility index (Phi) is 4.83. The van der Waals surface area contributed by atoms with Crippen molar-refractivity contribution in [2.45, 2.75) is 32.4 Å². The van der Waals surface area contributed by atoms with Crippen molar-refractivity contribution in [3.63, 3.8) is 0 Å². The van der Waals surface area contributed by atoms with Crippen LogP contribution in [0.3, 0.4) is 0 Å². The van der Waals surface area contributed by atoms with Crippen LogP contribution in [0, 0.1) is 0 Å². The third-order valence-electron chi connectivity index (χ3n) is 3.74. The van der Waals surface area contributed by atoms with Gasteiger partial charge in [0.2, 0.25) is 0 Å². The monoisotopic (exact) mass is 281 g/mol. The maximum atomic E-state index is 11.5. The molecule has 1 aliphatic rings. The van der Waals surface area contributed by atoms with Crippen molar-refractivity contribution in [3.05, 3.63) is 35.4 Å². The Bertz CT molecular complexity index is 446. The van der Waals surface area contributed by atoms with Crippen molar-refractivity contribution >= 4 is 17.6 Å². The van der Waals surface area contributed by atoms with Gasteiger partial charge in [0.05, 0.1) is 6.04 Å². The highest BCUT2D eigenvalue weighted by atomic mass is 35.5. The van der Waals surface area contributed by atoms with Crippen LogP contribution in [0.4, 0.5) is 0 Å². The number of hydrogen-bond acceptors (Lipinski definition) is 3. The van der Waals surface area contributed by atoms with Crippen molar-refractivity contribution in [1.29, 1.82) is 0 Å². The Morgan fingerprint density at radius 1 is 1.37 bits per heavy atom. The van der Waals surface area contributed by atoms with Crippen molar-refractivity contribution in [2.75, 3.05) is 19.0 Å². The number of benzene rings is 1. The predicted molar refractivity (Wildman–Crippen MR) is 76.4 cm³/mol. The van der Waals surface area contributed by atoms with E-state index in [1.54, 1.807) is 0 Å². The average Bonchev–Trinajstić information content (AvgIpc) is 2.79. The maximum Gasteiger partial charge on any atom is 0.321 e. The van der Waals surface area contributed by atoms with E-state index in [1.165, 1.54) is 11.1 Å². The quantitative estimate of drug-likeness (QED) is 0.614. The number of halogens is 1. The molecule has 2 rings (SSSR count). The fourth-order valence-electron chi connectivity index (χ4n) is 2.89. The number of likely N-dealkylation sites (N-methyl/N-ethyl adjacent to an activating group) is 1. The van der Waals surface area contributed by atoms with Crippen LogP contribution in [0.1, 0.15) is 31.0 Å². The van der Waals surface area contributed by atoms with Crippen molar-refractivity contribution in [3.8, 4) is 0 Å². The summed E-state index contributed by atoms with van der Waals surface area (Å²) < 4.78 is 5.53. The maximum absolute atomic E-state index is 11.5. The van der Waals surface area contributed by atoms with Crippen LogP contribution >= 0.6 is 11.6 Å². The molecule has 1 aliphatic carbocycles. The van der Waals surface area contributed by atoms with Crippen LogP contribution in [0.5, 0.6) is 0 Å². The Morgan fingerprint density at radius 3 is 2.68 bits per heavy atom. The molecule has 0 bridgehead atoms. The number of ether oxygens (including phenoxy) is 1. The summed E-state index contributed by atoms with van der Waals surface area (Å²) in [5, 5.41) is 0. The van der Waals surface area contributed by atoms with Crippen molar-refractivity contribution in [2.24, 2.45) is 0 Å². The highest BCUT2D eigenvalue weighted by molar-refractivity contribution is 6.26. The molecule has 19 heavy (non-hydrogen) atoms. The normalized spacial score (nSPS) is 21.5. The van der Waals surface area contributed by atoms with Gasteiger partial charge in [-0.2, -0.15) is 0 Å². The summed E-state index contributed by atoms with van der Waals surface area (Å²) >= 11 is 5.55. The minimum absolute atomic E-state index is 0.0855. The van der Waals surface area contributed by atoms with E-state index in [1.807, 2.05) is 12.1 Å². The Morgan fingerprint density at radius 2 is 2.05 bits per heavy atom. The number of rotatable bonds is 5. The van der Waals surface area contributed by atoms with Gasteiger partial charge in [0, 0.05) is 6.42 Å². The number of carbonyl (C=O) groups excluding carboxylic acids is 1. The number of carbonyl (C=O) groups is 1. The van der Waals surface area contributed by atoms with Gasteiger partial charge in [-0.25, -0.2) is 0 Å². The van der Waals surface area contributed by atoms with Crippen LogP contribution in [-0.2, 0) is 16.0 Å². The minimum Gasteiger partial charge on any atom is -0.459 e. The first-order valence-electron chi connectivity index (χ1n) is 6.78. The van der Waals surface area contributed by atoms with Crippen LogP contribution in [0.15, 0.2) is 24.3 Å². The van der Waals surface area contributed by atoms with Gasteiger partial charge in [-0.15, -0.1) is 11.6 Å². The van der Waals surface area contributed by atoms with E-state index < -0.39 is 0 Å². The zero-order valence-corrected chi connectivity index (χ0v) is 12.2. The molecule has 2 unspecified atom stereocenters. The molecule has 0 heterocycles. The Labute approximate surface area is 119 Å². The minimum atomic E-state index is -0.336. The molecule has 3 nitrogen and oxygen atoms in total. The molecule has 0 amide bonds. The zero-order chi connectivity index (χ0) is 13.8. The lowest BCUT2D eigenvalue weighted by atomic mass is 10.1. The lowest BCUT2D eigenvalue weighted by Crippen LogP contribution is -2.36. The summed E-state index contributed by atoms with van der Waals surface area (Å²) in [6.45, 7) is 6.13. The molecule has 1 aromatic rings. The first-order valence-corrected chi connectivity index (χ1v) is 7.32. The van der Waals surface area contributed by atoms with E-state index in [0.29, 0.717) is 0 Å². The third kappa shape index (κ3) is 2.93. The molecule has 0 saturated carbocycles. The number of nitrogens with zero attached hydrogens (tertiary/aromatic N) is 1. The highest BCUT2D eigenvalue weighted by Crippen LogP contribution is 2.37. The van der Waals surface area contributed by atoms with Crippen LogP contribution in [-0.4, -0.2) is 35.9 Å². The SMILES string of the molecule is CCN(CC)C1c2ccccc2CC1OC(=O)CCl. The summed E-state index contributed by atoms with van der Waals surface area (Å²) in [6.07, 6.45) is 0.656. The number of alkyl halides is 1. The summed E-state index contributed by atoms with van der Waals surface area (Å²) in [5.74, 6) is -0.422. The summed E-state index contributed by atoms with van der Waals surface area (Å²) in [7, 11) is 0. The molecule has 0 saturated heterocycles. The average molecular weight is 282 g/mol. The van der Waals surface area contributed by atoms with E-state index in [9.17, 15) is 4.79 Å². The second kappa shape index (κ2) is 6.40. The lowest BCUT2D eigenvalue weighted by Gasteiger charge is -2.31. The predicted octanol–water partition coefficient (Wildman–Crippen LogP) is 2.78. The molecule has 1 aromatic carbocycles. The summed E-state index contributed by atoms with van der Waals surface area (Å²) in [4.78, 5) is 13.8. The fourth-order valence-corrected chi connectivity index (χ4v) is 2.96. The third-order valence-corrected chi connectivity index (χ3v) is 3.96. The highest BCUT2D eigenvalue weighted by Gasteiger charge is 2.37. The lowest BCUT2D eigenvalue weighted by molar-refractivity contribution is -0.148. The van der Waals surface area contributed by atoms with Crippen molar-refractivity contribution < 1.29 is 9.53 Å². The zero-order valence-electron chi connectivity index (χ0n) is 11.4. The van der Waals surface area contributed by atoms with E-state index in [0.717, 1.165) is 19.5 Å². The van der Waals surface area contributed by atoms with Gasteiger partial charge in [-0.1, -0.05) is 38.1 Å². The topological polar surface area (TPSA) is 29.5 Å². The number of hydrogen-bond donors (Lipinski definition) is 0. The molecule has 104 valence electrons. The van der Waals surface area contributed by atoms with Gasteiger partial charge in [-0.3, -0.25) is 9.69 Å². The number of esters is 1. The molecule has 4 heteroatoms. The van der Waals surface area contributed by atoms with Crippen LogP contribution in [0.25, 0.3) is 0 Å². The largest absolute Gasteiger partial charge is 0.459 e. The smallest absolute Gasteiger partial charge is 0.321 e. The van der Waals surface area contributed by atoms with Crippen molar-refractivity contribution in [1.82, 2.24) is 4.90 Å². The van der Waals surface area contributed by atoms with Gasteiger partial charge in [0.25, 0.3) is 0 Å². The molecule has 0 radical (unpaired) electrons. The van der Waals surface area contributed by atoms with Crippen LogP contribution in [0.2, 0.25) is 0 Å². The molecule has 0 fully saturated rings. The molecule has 0 aromatic heterocycles.